The number of aromatic amines is 1. The van der Waals surface area contributed by atoms with Gasteiger partial charge in [0.15, 0.2) is 11.5 Å². The molecule has 4 heterocycles. The Balaban J connectivity index is 0.00000225. The summed E-state index contributed by atoms with van der Waals surface area (Å²) in [4.78, 5) is 26.4. The van der Waals surface area contributed by atoms with Crippen LogP contribution in [0, 0.1) is 0 Å². The Hall–Kier alpha value is -2.82. The lowest BCUT2D eigenvalue weighted by atomic mass is 10.1. The molecule has 4 rings (SSSR count). The molecule has 1 aliphatic rings. The van der Waals surface area contributed by atoms with Gasteiger partial charge in [-0.2, -0.15) is 17.9 Å². The molecule has 0 spiro atoms. The lowest BCUT2D eigenvalue weighted by Crippen LogP contribution is -2.30. The SMILES string of the molecule is Cl.O=c1c(-n2cnc(C(F)(F)F)c2)c[nH]n1-c1cc(N2CCCCC2)ncn1. The second kappa shape index (κ2) is 7.66. The molecular formula is C16H17ClF3N7O. The van der Waals surface area contributed by atoms with Gasteiger partial charge in [0.2, 0.25) is 0 Å². The van der Waals surface area contributed by atoms with Crippen LogP contribution in [0.1, 0.15) is 25.0 Å². The molecule has 1 fully saturated rings. The molecule has 0 unspecified atom stereocenters. The molecule has 150 valence electrons. The Morgan fingerprint density at radius 1 is 1.04 bits per heavy atom. The van der Waals surface area contributed by atoms with Crippen molar-refractivity contribution < 1.29 is 13.2 Å². The van der Waals surface area contributed by atoms with Crippen LogP contribution in [0.4, 0.5) is 19.0 Å². The summed E-state index contributed by atoms with van der Waals surface area (Å²) in [5, 5.41) is 2.73. The van der Waals surface area contributed by atoms with Gasteiger partial charge < -0.3 is 4.90 Å². The molecule has 1 aliphatic heterocycles. The zero-order valence-corrected chi connectivity index (χ0v) is 15.4. The van der Waals surface area contributed by atoms with Crippen molar-refractivity contribution in [3.8, 4) is 11.5 Å². The minimum absolute atomic E-state index is 0. The first kappa shape index (κ1) is 19.9. The summed E-state index contributed by atoms with van der Waals surface area (Å²) in [6.45, 7) is 1.77. The number of hydrogen-bond acceptors (Lipinski definition) is 5. The Bertz CT molecular complexity index is 1000. The van der Waals surface area contributed by atoms with Crippen molar-refractivity contribution >= 4 is 18.2 Å². The second-order valence-electron chi connectivity index (χ2n) is 6.25. The summed E-state index contributed by atoms with van der Waals surface area (Å²) in [6.07, 6.45) is 3.17. The largest absolute Gasteiger partial charge is 0.434 e. The van der Waals surface area contributed by atoms with E-state index in [1.165, 1.54) is 18.9 Å². The van der Waals surface area contributed by atoms with Gasteiger partial charge in [-0.25, -0.2) is 15.0 Å². The van der Waals surface area contributed by atoms with Crippen LogP contribution in [-0.4, -0.2) is 42.4 Å². The molecule has 1 saturated heterocycles. The van der Waals surface area contributed by atoms with Crippen molar-refractivity contribution in [1.29, 1.82) is 0 Å². The third kappa shape index (κ3) is 3.75. The van der Waals surface area contributed by atoms with Gasteiger partial charge in [0, 0.05) is 31.5 Å². The van der Waals surface area contributed by atoms with Crippen molar-refractivity contribution in [3.63, 3.8) is 0 Å². The van der Waals surface area contributed by atoms with E-state index in [1.54, 1.807) is 6.07 Å². The van der Waals surface area contributed by atoms with Crippen molar-refractivity contribution in [2.75, 3.05) is 18.0 Å². The number of rotatable bonds is 3. The quantitative estimate of drug-likeness (QED) is 0.710. The number of nitrogens with zero attached hydrogens (tertiary/aromatic N) is 6. The van der Waals surface area contributed by atoms with Crippen molar-refractivity contribution in [1.82, 2.24) is 29.3 Å². The van der Waals surface area contributed by atoms with Crippen LogP contribution in [-0.2, 0) is 6.18 Å². The molecular weight excluding hydrogens is 399 g/mol. The summed E-state index contributed by atoms with van der Waals surface area (Å²) >= 11 is 0. The van der Waals surface area contributed by atoms with Crippen LogP contribution in [0.3, 0.4) is 0 Å². The summed E-state index contributed by atoms with van der Waals surface area (Å²) in [5.74, 6) is 1.03. The first-order valence-electron chi connectivity index (χ1n) is 8.43. The number of anilines is 1. The molecule has 12 heteroatoms. The predicted octanol–water partition coefficient (Wildman–Crippen LogP) is 2.57. The van der Waals surface area contributed by atoms with Gasteiger partial charge in [0.25, 0.3) is 5.56 Å². The lowest BCUT2D eigenvalue weighted by Gasteiger charge is -2.27. The van der Waals surface area contributed by atoms with Crippen LogP contribution in [0.15, 0.2) is 35.9 Å². The lowest BCUT2D eigenvalue weighted by molar-refractivity contribution is -0.140. The topological polar surface area (TPSA) is 84.6 Å². The highest BCUT2D eigenvalue weighted by molar-refractivity contribution is 5.85. The predicted molar refractivity (Wildman–Crippen MR) is 97.4 cm³/mol. The third-order valence-electron chi connectivity index (χ3n) is 4.45. The van der Waals surface area contributed by atoms with Gasteiger partial charge >= 0.3 is 6.18 Å². The summed E-state index contributed by atoms with van der Waals surface area (Å²) < 4.78 is 40.4. The van der Waals surface area contributed by atoms with Crippen LogP contribution in [0.2, 0.25) is 0 Å². The molecule has 0 saturated carbocycles. The minimum atomic E-state index is -4.57. The van der Waals surface area contributed by atoms with E-state index in [-0.39, 0.29) is 18.1 Å². The third-order valence-corrected chi connectivity index (χ3v) is 4.45. The van der Waals surface area contributed by atoms with Crippen LogP contribution in [0.25, 0.3) is 11.5 Å². The number of aromatic nitrogens is 6. The Kier molecular flexibility index (Phi) is 5.45. The van der Waals surface area contributed by atoms with Crippen LogP contribution >= 0.6 is 12.4 Å². The standard InChI is InChI=1S/C16H16F3N7O.ClH/c17-16(18,19)12-8-25(10-22-12)11-7-23-26(15(11)27)14-6-13(20-9-21-14)24-4-2-1-3-5-24;/h6-10,23H,1-5H2;1H. The Morgan fingerprint density at radius 2 is 1.75 bits per heavy atom. The smallest absolute Gasteiger partial charge is 0.356 e. The van der Waals surface area contributed by atoms with E-state index in [0.717, 1.165) is 47.7 Å². The minimum Gasteiger partial charge on any atom is -0.356 e. The molecule has 8 nitrogen and oxygen atoms in total. The molecule has 3 aromatic heterocycles. The van der Waals surface area contributed by atoms with Gasteiger partial charge in [-0.15, -0.1) is 12.4 Å². The first-order chi connectivity index (χ1) is 12.9. The maximum atomic E-state index is 12.7. The fraction of sp³-hybridized carbons (Fsp3) is 0.375. The van der Waals surface area contributed by atoms with E-state index >= 15 is 0 Å². The van der Waals surface area contributed by atoms with Gasteiger partial charge in [0.1, 0.15) is 24.2 Å². The highest BCUT2D eigenvalue weighted by Crippen LogP contribution is 2.27. The van der Waals surface area contributed by atoms with Crippen molar-refractivity contribution in [2.45, 2.75) is 25.4 Å². The van der Waals surface area contributed by atoms with Crippen molar-refractivity contribution in [2.24, 2.45) is 0 Å². The van der Waals surface area contributed by atoms with E-state index in [0.29, 0.717) is 11.6 Å². The van der Waals surface area contributed by atoms with Crippen molar-refractivity contribution in [3.05, 3.63) is 47.2 Å². The number of halogens is 4. The van der Waals surface area contributed by atoms with Crippen LogP contribution in [0.5, 0.6) is 0 Å². The molecule has 0 radical (unpaired) electrons. The zero-order valence-electron chi connectivity index (χ0n) is 14.6. The first-order valence-corrected chi connectivity index (χ1v) is 8.43. The van der Waals surface area contributed by atoms with Crippen LogP contribution < -0.4 is 10.5 Å². The summed E-state index contributed by atoms with van der Waals surface area (Å²) in [7, 11) is 0. The summed E-state index contributed by atoms with van der Waals surface area (Å²) in [5.41, 5.74) is -1.59. The maximum Gasteiger partial charge on any atom is 0.434 e. The zero-order chi connectivity index (χ0) is 19.0. The van der Waals surface area contributed by atoms with E-state index in [1.807, 2.05) is 0 Å². The average molecular weight is 416 g/mol. The highest BCUT2D eigenvalue weighted by Gasteiger charge is 2.33. The maximum absolute atomic E-state index is 12.7. The molecule has 1 N–H and O–H groups in total. The molecule has 3 aromatic rings. The number of imidazole rings is 1. The monoisotopic (exact) mass is 415 g/mol. The Morgan fingerprint density at radius 3 is 2.43 bits per heavy atom. The second-order valence-corrected chi connectivity index (χ2v) is 6.25. The Labute approximate surface area is 163 Å². The van der Waals surface area contributed by atoms with E-state index in [4.69, 9.17) is 0 Å². The fourth-order valence-electron chi connectivity index (χ4n) is 3.07. The number of alkyl halides is 3. The van der Waals surface area contributed by atoms with E-state index < -0.39 is 17.4 Å². The van der Waals surface area contributed by atoms with Gasteiger partial charge in [-0.3, -0.25) is 14.5 Å². The number of piperidine rings is 1. The van der Waals surface area contributed by atoms with Gasteiger partial charge in [0.05, 0.1) is 0 Å². The molecule has 0 aromatic carbocycles. The molecule has 0 amide bonds. The molecule has 0 atom stereocenters. The van der Waals surface area contributed by atoms with Gasteiger partial charge in [-0.1, -0.05) is 0 Å². The highest BCUT2D eigenvalue weighted by atomic mass is 35.5. The fourth-order valence-corrected chi connectivity index (χ4v) is 3.07. The average Bonchev–Trinajstić information content (AvgIpc) is 3.29. The molecule has 0 bridgehead atoms. The van der Waals surface area contributed by atoms with E-state index in [9.17, 15) is 18.0 Å². The van der Waals surface area contributed by atoms with E-state index in [2.05, 4.69) is 25.0 Å². The number of nitrogens with one attached hydrogen (secondary N) is 1. The molecule has 28 heavy (non-hydrogen) atoms. The molecule has 0 aliphatic carbocycles. The normalized spacial score (nSPS) is 14.8. The number of hydrogen-bond donors (Lipinski definition) is 1. The number of H-pyrrole nitrogens is 1. The van der Waals surface area contributed by atoms with Gasteiger partial charge in [-0.05, 0) is 19.3 Å². The summed E-state index contributed by atoms with van der Waals surface area (Å²) in [6, 6.07) is 1.68.